The molecule has 9 heteroatoms. The highest BCUT2D eigenvalue weighted by atomic mass is 32.1. The lowest BCUT2D eigenvalue weighted by Crippen LogP contribution is -2.30. The highest BCUT2D eigenvalue weighted by Gasteiger charge is 2.20. The predicted octanol–water partition coefficient (Wildman–Crippen LogP) is 3.56. The van der Waals surface area contributed by atoms with E-state index in [1.54, 1.807) is 11.3 Å². The average Bonchev–Trinajstić information content (AvgIpc) is 3.15. The number of amides is 1. The van der Waals surface area contributed by atoms with Gasteiger partial charge in [-0.05, 0) is 37.3 Å². The molecule has 0 fully saturated rings. The first kappa shape index (κ1) is 20.4. The number of nitro groups is 1. The Morgan fingerprint density at radius 2 is 2.11 bits per heavy atom. The van der Waals surface area contributed by atoms with Gasteiger partial charge in [0.05, 0.1) is 23.8 Å². The van der Waals surface area contributed by atoms with Gasteiger partial charge < -0.3 is 14.8 Å². The number of carbonyl (C=O) groups is 2. The van der Waals surface area contributed by atoms with Crippen LogP contribution < -0.4 is 10.1 Å². The van der Waals surface area contributed by atoms with Crippen molar-refractivity contribution in [1.29, 1.82) is 0 Å². The highest BCUT2D eigenvalue weighted by molar-refractivity contribution is 7.09. The Hall–Kier alpha value is -2.94. The maximum absolute atomic E-state index is 12.2. The minimum atomic E-state index is -1.00. The molecule has 27 heavy (non-hydrogen) atoms. The number of non-ortho nitro benzene ring substituents is 1. The highest BCUT2D eigenvalue weighted by Crippen LogP contribution is 2.29. The minimum Gasteiger partial charge on any atom is -0.494 e. The molecule has 1 heterocycles. The lowest BCUT2D eigenvalue weighted by atomic mass is 10.2. The molecule has 1 N–H and O–H groups in total. The monoisotopic (exact) mass is 392 g/mol. The molecule has 1 aromatic heterocycles. The summed E-state index contributed by atoms with van der Waals surface area (Å²) in [6, 6.07) is 7.78. The number of hydrogen-bond donors (Lipinski definition) is 1. The van der Waals surface area contributed by atoms with E-state index in [-0.39, 0.29) is 23.5 Å². The number of thiophene rings is 1. The Morgan fingerprint density at radius 1 is 1.33 bits per heavy atom. The van der Waals surface area contributed by atoms with Gasteiger partial charge in [0.2, 0.25) is 0 Å². The SMILES string of the molecule is COc1cc([N+](=O)[O-])ccc1NC(=O)[C@@H](C)OC(=O)CCCc1cccs1. The fourth-order valence-electron chi connectivity index (χ4n) is 2.30. The second-order valence-corrected chi connectivity index (χ2v) is 6.73. The number of nitro benzene ring substituents is 1. The van der Waals surface area contributed by atoms with Crippen molar-refractivity contribution in [3.63, 3.8) is 0 Å². The van der Waals surface area contributed by atoms with Gasteiger partial charge in [0.1, 0.15) is 5.75 Å². The van der Waals surface area contributed by atoms with E-state index in [1.165, 1.54) is 37.1 Å². The van der Waals surface area contributed by atoms with Crippen LogP contribution in [0.5, 0.6) is 5.75 Å². The van der Waals surface area contributed by atoms with Crippen molar-refractivity contribution < 1.29 is 24.0 Å². The number of ether oxygens (including phenoxy) is 2. The molecule has 1 amide bonds. The van der Waals surface area contributed by atoms with Crippen LogP contribution in [0.1, 0.15) is 24.6 Å². The fraction of sp³-hybridized carbons (Fsp3) is 0.333. The Kier molecular flexibility index (Phi) is 7.30. The number of methoxy groups -OCH3 is 1. The largest absolute Gasteiger partial charge is 0.494 e. The summed E-state index contributed by atoms with van der Waals surface area (Å²) in [7, 11) is 1.34. The molecule has 0 radical (unpaired) electrons. The van der Waals surface area contributed by atoms with Gasteiger partial charge in [-0.2, -0.15) is 0 Å². The topological polar surface area (TPSA) is 108 Å². The molecule has 0 saturated heterocycles. The number of anilines is 1. The Balaban J connectivity index is 1.85. The maximum Gasteiger partial charge on any atom is 0.306 e. The van der Waals surface area contributed by atoms with E-state index in [9.17, 15) is 19.7 Å². The summed E-state index contributed by atoms with van der Waals surface area (Å²) in [6.07, 6.45) is 0.646. The molecule has 144 valence electrons. The van der Waals surface area contributed by atoms with Crippen LogP contribution in [0.2, 0.25) is 0 Å². The zero-order valence-corrected chi connectivity index (χ0v) is 15.8. The maximum atomic E-state index is 12.2. The number of benzene rings is 1. The van der Waals surface area contributed by atoms with Crippen LogP contribution in [0.3, 0.4) is 0 Å². The predicted molar refractivity (Wildman–Crippen MR) is 101 cm³/mol. The Labute approximate surface area is 160 Å². The second-order valence-electron chi connectivity index (χ2n) is 5.70. The molecule has 8 nitrogen and oxygen atoms in total. The molecule has 2 rings (SSSR count). The molecule has 0 spiro atoms. The van der Waals surface area contributed by atoms with Crippen LogP contribution >= 0.6 is 11.3 Å². The third-order valence-electron chi connectivity index (χ3n) is 3.72. The lowest BCUT2D eigenvalue weighted by molar-refractivity contribution is -0.384. The van der Waals surface area contributed by atoms with Crippen LogP contribution in [0.4, 0.5) is 11.4 Å². The van der Waals surface area contributed by atoms with Gasteiger partial charge in [0.15, 0.2) is 6.10 Å². The van der Waals surface area contributed by atoms with Crippen molar-refractivity contribution in [2.75, 3.05) is 12.4 Å². The molecule has 1 aromatic carbocycles. The number of rotatable bonds is 9. The Bertz CT molecular complexity index is 806. The van der Waals surface area contributed by atoms with E-state index in [0.29, 0.717) is 6.42 Å². The van der Waals surface area contributed by atoms with Gasteiger partial charge in [-0.25, -0.2) is 0 Å². The molecule has 0 bridgehead atoms. The average molecular weight is 392 g/mol. The van der Waals surface area contributed by atoms with Crippen LogP contribution in [-0.4, -0.2) is 30.0 Å². The van der Waals surface area contributed by atoms with E-state index in [4.69, 9.17) is 9.47 Å². The van der Waals surface area contributed by atoms with E-state index in [0.717, 1.165) is 6.42 Å². The van der Waals surface area contributed by atoms with E-state index >= 15 is 0 Å². The van der Waals surface area contributed by atoms with Gasteiger partial charge in [0.25, 0.3) is 11.6 Å². The molecule has 1 atom stereocenters. The number of hydrogen-bond acceptors (Lipinski definition) is 7. The molecular weight excluding hydrogens is 372 g/mol. The van der Waals surface area contributed by atoms with Gasteiger partial charge in [0, 0.05) is 17.4 Å². The summed E-state index contributed by atoms with van der Waals surface area (Å²) in [4.78, 5) is 35.5. The third-order valence-corrected chi connectivity index (χ3v) is 4.65. The molecule has 2 aromatic rings. The molecular formula is C18H20N2O6S. The summed E-state index contributed by atoms with van der Waals surface area (Å²) >= 11 is 1.63. The van der Waals surface area contributed by atoms with Crippen molar-refractivity contribution in [1.82, 2.24) is 0 Å². The van der Waals surface area contributed by atoms with Gasteiger partial charge in [-0.15, -0.1) is 11.3 Å². The molecule has 0 aliphatic rings. The van der Waals surface area contributed by atoms with Gasteiger partial charge in [-0.3, -0.25) is 19.7 Å². The van der Waals surface area contributed by atoms with Crippen molar-refractivity contribution >= 4 is 34.6 Å². The number of nitrogens with zero attached hydrogens (tertiary/aromatic N) is 1. The molecule has 0 aliphatic carbocycles. The molecule has 0 unspecified atom stereocenters. The normalized spacial score (nSPS) is 11.5. The second kappa shape index (κ2) is 9.67. The summed E-state index contributed by atoms with van der Waals surface area (Å²) in [6.45, 7) is 1.46. The lowest BCUT2D eigenvalue weighted by Gasteiger charge is -2.15. The van der Waals surface area contributed by atoms with Gasteiger partial charge in [-0.1, -0.05) is 6.07 Å². The van der Waals surface area contributed by atoms with Crippen molar-refractivity contribution in [3.05, 3.63) is 50.7 Å². The fourth-order valence-corrected chi connectivity index (χ4v) is 3.05. The third kappa shape index (κ3) is 6.07. The summed E-state index contributed by atoms with van der Waals surface area (Å²) in [5.41, 5.74) is 0.101. The van der Waals surface area contributed by atoms with Crippen LogP contribution in [0, 0.1) is 10.1 Å². The first-order valence-electron chi connectivity index (χ1n) is 8.26. The molecule has 0 aliphatic heterocycles. The minimum absolute atomic E-state index is 0.145. The van der Waals surface area contributed by atoms with Crippen LogP contribution in [0.25, 0.3) is 0 Å². The molecule has 0 saturated carbocycles. The first-order valence-corrected chi connectivity index (χ1v) is 9.14. The van der Waals surface area contributed by atoms with Crippen molar-refractivity contribution in [2.45, 2.75) is 32.3 Å². The zero-order chi connectivity index (χ0) is 19.8. The van der Waals surface area contributed by atoms with Crippen molar-refractivity contribution in [3.8, 4) is 5.75 Å². The first-order chi connectivity index (χ1) is 12.9. The summed E-state index contributed by atoms with van der Waals surface area (Å²) in [5, 5.41) is 15.3. The van der Waals surface area contributed by atoms with Crippen molar-refractivity contribution in [2.24, 2.45) is 0 Å². The number of nitrogens with one attached hydrogen (secondary N) is 1. The number of carbonyl (C=O) groups excluding carboxylic acids is 2. The quantitative estimate of drug-likeness (QED) is 0.397. The smallest absolute Gasteiger partial charge is 0.306 e. The summed E-state index contributed by atoms with van der Waals surface area (Å²) in [5.74, 6) is -0.856. The number of esters is 1. The van der Waals surface area contributed by atoms with Crippen LogP contribution in [-0.2, 0) is 20.7 Å². The summed E-state index contributed by atoms with van der Waals surface area (Å²) < 4.78 is 10.2. The zero-order valence-electron chi connectivity index (χ0n) is 15.0. The van der Waals surface area contributed by atoms with Crippen LogP contribution in [0.15, 0.2) is 35.7 Å². The number of aryl methyl sites for hydroxylation is 1. The van der Waals surface area contributed by atoms with E-state index in [2.05, 4.69) is 5.32 Å². The van der Waals surface area contributed by atoms with E-state index in [1.807, 2.05) is 17.5 Å². The Morgan fingerprint density at radius 3 is 2.74 bits per heavy atom. The van der Waals surface area contributed by atoms with E-state index < -0.39 is 22.9 Å². The van der Waals surface area contributed by atoms with Gasteiger partial charge >= 0.3 is 5.97 Å². The standard InChI is InChI=1S/C18H20N2O6S/c1-12(26-17(21)7-3-5-14-6-4-10-27-14)18(22)19-15-9-8-13(20(23)24)11-16(15)25-2/h4,6,8-12H,3,5,7H2,1-2H3,(H,19,22)/t12-/m1/s1.